The van der Waals surface area contributed by atoms with Gasteiger partial charge < -0.3 is 34.5 Å². The number of ether oxygens (including phenoxy) is 2. The van der Waals surface area contributed by atoms with Crippen molar-refractivity contribution in [3.05, 3.63) is 52.6 Å². The quantitative estimate of drug-likeness (QED) is 0.238. The van der Waals surface area contributed by atoms with E-state index in [2.05, 4.69) is 25.5 Å². The fourth-order valence-corrected chi connectivity index (χ4v) is 7.65. The van der Waals surface area contributed by atoms with Gasteiger partial charge in [0.05, 0.1) is 35.4 Å². The largest absolute Gasteiger partial charge is 0.494 e. The molecule has 2 aliphatic heterocycles. The van der Waals surface area contributed by atoms with E-state index in [0.717, 1.165) is 57.5 Å². The standard InChI is InChI=1S/C33H43Cl2N6O4P/c1-32(2,3)45-31(42)41-17-13-33(14-18-41)11-15-40(16-12-33)26-20-27(44-4)25(19-22(26)34)38-30-36-21-23(35)29(39-30)37-24-9-7-8-10-28(24)46(5,6)43/h7-10,19-21H,11-18H2,1-6H3,(H2,36,37,38,39). The maximum Gasteiger partial charge on any atom is 0.410 e. The number of carbonyl (C=O) groups excluding carboxylic acids is 1. The predicted molar refractivity (Wildman–Crippen MR) is 188 cm³/mol. The van der Waals surface area contributed by atoms with Crippen LogP contribution in [0.5, 0.6) is 5.75 Å². The minimum Gasteiger partial charge on any atom is -0.494 e. The summed E-state index contributed by atoms with van der Waals surface area (Å²) in [5.41, 5.74) is 1.92. The molecule has 2 aromatic carbocycles. The van der Waals surface area contributed by atoms with E-state index in [0.29, 0.717) is 44.2 Å². The number of piperidine rings is 2. The van der Waals surface area contributed by atoms with Crippen LogP contribution in [0.25, 0.3) is 0 Å². The molecule has 1 aromatic heterocycles. The van der Waals surface area contributed by atoms with Crippen molar-refractivity contribution in [3.63, 3.8) is 0 Å². The Hall–Kier alpha value is -3.20. The molecule has 0 saturated carbocycles. The second-order valence-corrected chi connectivity index (χ2v) is 17.5. The number of rotatable bonds is 7. The smallest absolute Gasteiger partial charge is 0.410 e. The highest BCUT2D eigenvalue weighted by atomic mass is 35.5. The van der Waals surface area contributed by atoms with Gasteiger partial charge in [0.1, 0.15) is 23.5 Å². The molecule has 2 aliphatic rings. The Kier molecular flexibility index (Phi) is 10.0. The van der Waals surface area contributed by atoms with Crippen LogP contribution < -0.4 is 25.6 Å². The highest BCUT2D eigenvalue weighted by Gasteiger charge is 2.39. The topological polar surface area (TPSA) is 109 Å². The Morgan fingerprint density at radius 1 is 0.957 bits per heavy atom. The Balaban J connectivity index is 1.26. The third kappa shape index (κ3) is 8.01. The van der Waals surface area contributed by atoms with Gasteiger partial charge in [0, 0.05) is 37.5 Å². The average Bonchev–Trinajstić information content (AvgIpc) is 2.99. The molecule has 3 aromatic rings. The fourth-order valence-electron chi connectivity index (χ4n) is 6.08. The zero-order valence-electron chi connectivity index (χ0n) is 27.3. The van der Waals surface area contributed by atoms with Gasteiger partial charge in [-0.15, -0.1) is 0 Å². The van der Waals surface area contributed by atoms with Crippen molar-refractivity contribution >= 4 is 70.6 Å². The van der Waals surface area contributed by atoms with Crippen LogP contribution in [0.2, 0.25) is 10.0 Å². The van der Waals surface area contributed by atoms with Crippen LogP contribution in [0, 0.1) is 5.41 Å². The second kappa shape index (κ2) is 13.5. The van der Waals surface area contributed by atoms with Crippen molar-refractivity contribution in [2.75, 3.05) is 62.2 Å². The summed E-state index contributed by atoms with van der Waals surface area (Å²) in [6, 6.07) is 11.2. The molecule has 0 atom stereocenters. The highest BCUT2D eigenvalue weighted by molar-refractivity contribution is 7.70. The van der Waals surface area contributed by atoms with Gasteiger partial charge in [-0.05, 0) is 83.4 Å². The first kappa shape index (κ1) is 34.1. The van der Waals surface area contributed by atoms with Crippen LogP contribution in [0.3, 0.4) is 0 Å². The lowest BCUT2D eigenvalue weighted by Gasteiger charge is -2.47. The molecule has 2 N–H and O–H groups in total. The molecule has 13 heteroatoms. The van der Waals surface area contributed by atoms with E-state index in [1.54, 1.807) is 20.4 Å². The number of hydrogen-bond donors (Lipinski definition) is 2. The number of methoxy groups -OCH3 is 1. The minimum atomic E-state index is -2.55. The summed E-state index contributed by atoms with van der Waals surface area (Å²) in [7, 11) is -0.935. The SMILES string of the molecule is COc1cc(N2CCC3(CCN(C(=O)OC(C)(C)C)CC3)CC2)c(Cl)cc1Nc1ncc(Cl)c(Nc2ccccc2P(C)(C)=O)n1. The van der Waals surface area contributed by atoms with Gasteiger partial charge in [-0.25, -0.2) is 9.78 Å². The first-order valence-corrected chi connectivity index (χ1v) is 18.8. The van der Waals surface area contributed by atoms with E-state index < -0.39 is 12.7 Å². The molecule has 2 fully saturated rings. The zero-order valence-corrected chi connectivity index (χ0v) is 29.7. The second-order valence-electron chi connectivity index (χ2n) is 13.5. The van der Waals surface area contributed by atoms with Crippen LogP contribution in [0.4, 0.5) is 33.6 Å². The molecule has 1 amide bonds. The molecule has 0 aliphatic carbocycles. The summed E-state index contributed by atoms with van der Waals surface area (Å²) in [4.78, 5) is 25.6. The Morgan fingerprint density at radius 2 is 1.61 bits per heavy atom. The summed E-state index contributed by atoms with van der Waals surface area (Å²) in [6.07, 6.45) is 5.27. The number of benzene rings is 2. The number of anilines is 5. The first-order valence-electron chi connectivity index (χ1n) is 15.5. The van der Waals surface area contributed by atoms with Crippen LogP contribution in [-0.4, -0.2) is 73.2 Å². The maximum atomic E-state index is 12.9. The number of para-hydroxylation sites is 1. The summed E-state index contributed by atoms with van der Waals surface area (Å²) in [6.45, 7) is 12.3. The molecule has 3 heterocycles. The van der Waals surface area contributed by atoms with Gasteiger partial charge in [0.25, 0.3) is 0 Å². The van der Waals surface area contributed by atoms with E-state index in [1.807, 2.05) is 62.1 Å². The van der Waals surface area contributed by atoms with Gasteiger partial charge in [0.15, 0.2) is 5.82 Å². The number of carbonyl (C=O) groups is 1. The van der Waals surface area contributed by atoms with Gasteiger partial charge in [-0.1, -0.05) is 35.3 Å². The molecule has 5 rings (SSSR count). The monoisotopic (exact) mass is 688 g/mol. The van der Waals surface area contributed by atoms with Crippen LogP contribution in [0.1, 0.15) is 46.5 Å². The summed E-state index contributed by atoms with van der Waals surface area (Å²) < 4.78 is 24.2. The molecule has 248 valence electrons. The Bertz CT molecular complexity index is 1620. The third-order valence-corrected chi connectivity index (χ3v) is 10.8. The molecule has 0 bridgehead atoms. The van der Waals surface area contributed by atoms with Crippen LogP contribution in [0.15, 0.2) is 42.6 Å². The fraction of sp³-hybridized carbons (Fsp3) is 0.485. The van der Waals surface area contributed by atoms with Crippen molar-refractivity contribution in [2.24, 2.45) is 5.41 Å². The number of hydrogen-bond acceptors (Lipinski definition) is 9. The molecular weight excluding hydrogens is 646 g/mol. The summed E-state index contributed by atoms with van der Waals surface area (Å²) in [5.74, 6) is 1.27. The van der Waals surface area contributed by atoms with Crippen molar-refractivity contribution < 1.29 is 18.8 Å². The van der Waals surface area contributed by atoms with Crippen molar-refractivity contribution in [3.8, 4) is 5.75 Å². The predicted octanol–water partition coefficient (Wildman–Crippen LogP) is 8.14. The lowest BCUT2D eigenvalue weighted by atomic mass is 9.71. The van der Waals surface area contributed by atoms with Crippen LogP contribution in [-0.2, 0) is 9.30 Å². The molecule has 1 spiro atoms. The van der Waals surface area contributed by atoms with Gasteiger partial charge in [-0.3, -0.25) is 0 Å². The lowest BCUT2D eigenvalue weighted by molar-refractivity contribution is 0.00665. The molecule has 46 heavy (non-hydrogen) atoms. The van der Waals surface area contributed by atoms with E-state index in [4.69, 9.17) is 32.7 Å². The average molecular weight is 690 g/mol. The third-order valence-electron chi connectivity index (χ3n) is 8.64. The van der Waals surface area contributed by atoms with Crippen molar-refractivity contribution in [1.29, 1.82) is 0 Å². The van der Waals surface area contributed by atoms with Crippen molar-refractivity contribution in [1.82, 2.24) is 14.9 Å². The van der Waals surface area contributed by atoms with E-state index in [1.165, 1.54) is 6.20 Å². The molecule has 0 unspecified atom stereocenters. The number of nitrogens with one attached hydrogen (secondary N) is 2. The molecule has 2 saturated heterocycles. The van der Waals surface area contributed by atoms with Crippen LogP contribution >= 0.6 is 30.3 Å². The molecular formula is C33H43Cl2N6O4P. The summed E-state index contributed by atoms with van der Waals surface area (Å²) >= 11 is 13.3. The van der Waals surface area contributed by atoms with Gasteiger partial charge in [-0.2, -0.15) is 4.98 Å². The number of likely N-dealkylation sites (tertiary alicyclic amines) is 1. The van der Waals surface area contributed by atoms with Gasteiger partial charge >= 0.3 is 6.09 Å². The lowest BCUT2D eigenvalue weighted by Crippen LogP contribution is -2.49. The van der Waals surface area contributed by atoms with E-state index >= 15 is 0 Å². The minimum absolute atomic E-state index is 0.219. The summed E-state index contributed by atoms with van der Waals surface area (Å²) in [5, 5.41) is 8.05. The number of halogens is 2. The highest BCUT2D eigenvalue weighted by Crippen LogP contribution is 2.45. The van der Waals surface area contributed by atoms with Crippen molar-refractivity contribution in [2.45, 2.75) is 52.1 Å². The number of amides is 1. The molecule has 10 nitrogen and oxygen atoms in total. The maximum absolute atomic E-state index is 12.9. The van der Waals surface area contributed by atoms with E-state index in [9.17, 15) is 9.36 Å². The Labute approximate surface area is 281 Å². The van der Waals surface area contributed by atoms with E-state index in [-0.39, 0.29) is 11.5 Å². The van der Waals surface area contributed by atoms with Gasteiger partial charge in [0.2, 0.25) is 5.95 Å². The number of aromatic nitrogens is 2. The first-order chi connectivity index (χ1) is 21.7. The zero-order chi connectivity index (χ0) is 33.3. The Morgan fingerprint density at radius 3 is 2.24 bits per heavy atom. The normalized spacial score (nSPS) is 16.7. The molecule has 0 radical (unpaired) electrons. The number of nitrogens with zero attached hydrogens (tertiary/aromatic N) is 4.